The van der Waals surface area contributed by atoms with E-state index in [0.717, 1.165) is 22.2 Å². The van der Waals surface area contributed by atoms with Crippen LogP contribution in [-0.4, -0.2) is 13.4 Å². The second-order valence-corrected chi connectivity index (χ2v) is 7.82. The Labute approximate surface area is 140 Å². The Morgan fingerprint density at radius 2 is 1.74 bits per heavy atom. The molecular formula is C17H17ClN2O2S. The number of hydrogen-bond acceptors (Lipinski definition) is 2. The van der Waals surface area contributed by atoms with E-state index in [4.69, 9.17) is 11.6 Å². The van der Waals surface area contributed by atoms with Crippen molar-refractivity contribution >= 4 is 32.5 Å². The molecule has 0 unspecified atom stereocenters. The van der Waals surface area contributed by atoms with Crippen LogP contribution in [0.3, 0.4) is 0 Å². The zero-order valence-corrected chi connectivity index (χ0v) is 14.2. The molecule has 0 aliphatic rings. The first kappa shape index (κ1) is 16.1. The minimum atomic E-state index is -3.39. The lowest BCUT2D eigenvalue weighted by molar-refractivity contribution is 0.580. The highest BCUT2D eigenvalue weighted by atomic mass is 35.5. The van der Waals surface area contributed by atoms with E-state index < -0.39 is 10.0 Å². The monoisotopic (exact) mass is 348 g/mol. The molecule has 4 nitrogen and oxygen atoms in total. The van der Waals surface area contributed by atoms with Gasteiger partial charge in [-0.25, -0.2) is 13.1 Å². The van der Waals surface area contributed by atoms with Gasteiger partial charge in [-0.3, -0.25) is 0 Å². The average Bonchev–Trinajstić information content (AvgIpc) is 2.87. The fraction of sp³-hybridized carbons (Fsp3) is 0.176. The first-order valence-corrected chi connectivity index (χ1v) is 9.24. The summed E-state index contributed by atoms with van der Waals surface area (Å²) in [4.78, 5) is 3.25. The lowest BCUT2D eigenvalue weighted by Crippen LogP contribution is -2.24. The maximum atomic E-state index is 12.2. The van der Waals surface area contributed by atoms with E-state index >= 15 is 0 Å². The highest BCUT2D eigenvalue weighted by Gasteiger charge is 2.11. The predicted molar refractivity (Wildman–Crippen MR) is 94.0 cm³/mol. The van der Waals surface area contributed by atoms with Crippen LogP contribution in [0.5, 0.6) is 0 Å². The van der Waals surface area contributed by atoms with Gasteiger partial charge < -0.3 is 4.98 Å². The molecule has 0 aliphatic carbocycles. The number of aromatic amines is 1. The van der Waals surface area contributed by atoms with Crippen LogP contribution in [0.4, 0.5) is 0 Å². The molecule has 0 fully saturated rings. The van der Waals surface area contributed by atoms with Crippen LogP contribution in [0.1, 0.15) is 16.8 Å². The van der Waals surface area contributed by atoms with Crippen molar-refractivity contribution in [3.63, 3.8) is 0 Å². The van der Waals surface area contributed by atoms with Gasteiger partial charge in [0.05, 0.1) is 5.75 Å². The van der Waals surface area contributed by atoms with Crippen molar-refractivity contribution in [1.82, 2.24) is 9.71 Å². The molecule has 0 radical (unpaired) electrons. The number of halogens is 1. The Morgan fingerprint density at radius 1 is 1.04 bits per heavy atom. The van der Waals surface area contributed by atoms with Crippen molar-refractivity contribution in [3.8, 4) is 0 Å². The Kier molecular flexibility index (Phi) is 4.43. The number of sulfonamides is 1. The number of nitrogens with one attached hydrogen (secondary N) is 2. The predicted octanol–water partition coefficient (Wildman–Crippen LogP) is 3.75. The smallest absolute Gasteiger partial charge is 0.216 e. The molecule has 0 aliphatic heterocycles. The number of benzene rings is 2. The van der Waals surface area contributed by atoms with Crippen LogP contribution in [0, 0.1) is 6.92 Å². The molecule has 0 saturated carbocycles. The topological polar surface area (TPSA) is 62.0 Å². The van der Waals surface area contributed by atoms with Crippen molar-refractivity contribution in [2.24, 2.45) is 0 Å². The molecule has 0 amide bonds. The first-order chi connectivity index (χ1) is 10.9. The van der Waals surface area contributed by atoms with Crippen molar-refractivity contribution in [2.45, 2.75) is 19.2 Å². The molecule has 0 atom stereocenters. The number of aromatic nitrogens is 1. The van der Waals surface area contributed by atoms with Gasteiger partial charge in [0.2, 0.25) is 10.0 Å². The lowest BCUT2D eigenvalue weighted by atomic mass is 10.1. The van der Waals surface area contributed by atoms with Gasteiger partial charge in [0, 0.05) is 22.8 Å². The standard InChI is InChI=1S/C17H17ClN2O2S/c1-12-8-15-9-14(4-7-17(15)20-12)10-19-23(21,22)11-13-2-5-16(18)6-3-13/h2-9,19-20H,10-11H2,1H3. The third-order valence-electron chi connectivity index (χ3n) is 3.59. The number of fused-ring (bicyclic) bond motifs is 1. The van der Waals surface area contributed by atoms with E-state index in [9.17, 15) is 8.42 Å². The van der Waals surface area contributed by atoms with Crippen molar-refractivity contribution in [2.75, 3.05) is 0 Å². The zero-order valence-electron chi connectivity index (χ0n) is 12.6. The molecule has 6 heteroatoms. The van der Waals surface area contributed by atoms with E-state index in [1.165, 1.54) is 0 Å². The van der Waals surface area contributed by atoms with Crippen LogP contribution in [0.2, 0.25) is 5.02 Å². The van der Waals surface area contributed by atoms with Gasteiger partial charge in [-0.15, -0.1) is 0 Å². The summed E-state index contributed by atoms with van der Waals surface area (Å²) in [6.07, 6.45) is 0. The molecule has 120 valence electrons. The quantitative estimate of drug-likeness (QED) is 0.737. The highest BCUT2D eigenvalue weighted by Crippen LogP contribution is 2.17. The van der Waals surface area contributed by atoms with Gasteiger partial charge in [0.15, 0.2) is 0 Å². The van der Waals surface area contributed by atoms with Gasteiger partial charge in [-0.05, 0) is 53.8 Å². The number of rotatable bonds is 5. The molecule has 3 rings (SSSR count). The fourth-order valence-electron chi connectivity index (χ4n) is 2.48. The first-order valence-electron chi connectivity index (χ1n) is 7.21. The summed E-state index contributed by atoms with van der Waals surface area (Å²) in [5.74, 6) is -0.0598. The number of H-pyrrole nitrogens is 1. The Bertz CT molecular complexity index is 931. The normalized spacial score (nSPS) is 11.9. The Morgan fingerprint density at radius 3 is 2.48 bits per heavy atom. The van der Waals surface area contributed by atoms with Crippen LogP contribution >= 0.6 is 11.6 Å². The minimum Gasteiger partial charge on any atom is -0.359 e. The van der Waals surface area contributed by atoms with Gasteiger partial charge in [0.25, 0.3) is 0 Å². The zero-order chi connectivity index (χ0) is 16.4. The Balaban J connectivity index is 1.68. The summed E-state index contributed by atoms with van der Waals surface area (Å²) in [5.41, 5.74) is 3.77. The molecule has 0 saturated heterocycles. The summed E-state index contributed by atoms with van der Waals surface area (Å²) >= 11 is 5.81. The van der Waals surface area contributed by atoms with Crippen molar-refractivity contribution < 1.29 is 8.42 Å². The van der Waals surface area contributed by atoms with Gasteiger partial charge in [-0.2, -0.15) is 0 Å². The summed E-state index contributed by atoms with van der Waals surface area (Å²) < 4.78 is 27.0. The molecular weight excluding hydrogens is 332 g/mol. The minimum absolute atomic E-state index is 0.0598. The van der Waals surface area contributed by atoms with Crippen LogP contribution < -0.4 is 4.72 Å². The van der Waals surface area contributed by atoms with Crippen molar-refractivity contribution in [3.05, 3.63) is 70.4 Å². The van der Waals surface area contributed by atoms with Gasteiger partial charge in [0.1, 0.15) is 0 Å². The third-order valence-corrected chi connectivity index (χ3v) is 5.14. The van der Waals surface area contributed by atoms with E-state index in [1.54, 1.807) is 24.3 Å². The van der Waals surface area contributed by atoms with Crippen LogP contribution in [-0.2, 0) is 22.3 Å². The molecule has 2 aromatic carbocycles. The van der Waals surface area contributed by atoms with Crippen LogP contribution in [0.15, 0.2) is 48.5 Å². The molecule has 3 aromatic rings. The molecule has 0 bridgehead atoms. The molecule has 23 heavy (non-hydrogen) atoms. The molecule has 1 aromatic heterocycles. The maximum absolute atomic E-state index is 12.2. The molecule has 0 spiro atoms. The molecule has 2 N–H and O–H groups in total. The largest absolute Gasteiger partial charge is 0.359 e. The third kappa shape index (κ3) is 4.13. The maximum Gasteiger partial charge on any atom is 0.216 e. The Hall–Kier alpha value is -1.82. The summed E-state index contributed by atoms with van der Waals surface area (Å²) in [6.45, 7) is 2.27. The average molecular weight is 349 g/mol. The van der Waals surface area contributed by atoms with Crippen LogP contribution in [0.25, 0.3) is 10.9 Å². The van der Waals surface area contributed by atoms with Gasteiger partial charge >= 0.3 is 0 Å². The second-order valence-electron chi connectivity index (χ2n) is 5.58. The lowest BCUT2D eigenvalue weighted by Gasteiger charge is -2.07. The van der Waals surface area contributed by atoms with E-state index in [-0.39, 0.29) is 12.3 Å². The summed E-state index contributed by atoms with van der Waals surface area (Å²) in [6, 6.07) is 14.7. The SMILES string of the molecule is Cc1cc2cc(CNS(=O)(=O)Cc3ccc(Cl)cc3)ccc2[nH]1. The highest BCUT2D eigenvalue weighted by molar-refractivity contribution is 7.88. The summed E-state index contributed by atoms with van der Waals surface area (Å²) in [7, 11) is -3.39. The molecule has 1 heterocycles. The van der Waals surface area contributed by atoms with E-state index in [2.05, 4.69) is 9.71 Å². The number of aryl methyl sites for hydroxylation is 1. The van der Waals surface area contributed by atoms with Gasteiger partial charge in [-0.1, -0.05) is 29.8 Å². The number of hydrogen-bond donors (Lipinski definition) is 2. The fourth-order valence-corrected chi connectivity index (χ4v) is 3.73. The van der Waals surface area contributed by atoms with Crippen molar-refractivity contribution in [1.29, 1.82) is 0 Å². The summed E-state index contributed by atoms with van der Waals surface area (Å²) in [5, 5.41) is 1.67. The van der Waals surface area contributed by atoms with E-state index in [0.29, 0.717) is 10.6 Å². The van der Waals surface area contributed by atoms with E-state index in [1.807, 2.05) is 31.2 Å². The second kappa shape index (κ2) is 6.35.